The summed E-state index contributed by atoms with van der Waals surface area (Å²) in [5.41, 5.74) is 3.05. The third-order valence-corrected chi connectivity index (χ3v) is 3.47. The number of aromatic nitrogens is 1. The third kappa shape index (κ3) is 3.55. The van der Waals surface area contributed by atoms with Gasteiger partial charge in [-0.2, -0.15) is 0 Å². The third-order valence-electron chi connectivity index (χ3n) is 2.83. The Labute approximate surface area is 95.5 Å². The van der Waals surface area contributed by atoms with Gasteiger partial charge in [0.1, 0.15) is 0 Å². The minimum absolute atomic E-state index is 0.885. The van der Waals surface area contributed by atoms with E-state index in [1.165, 1.54) is 25.9 Å². The van der Waals surface area contributed by atoms with Crippen LogP contribution in [0.15, 0.2) is 10.9 Å². The van der Waals surface area contributed by atoms with Crippen molar-refractivity contribution in [3.8, 4) is 0 Å². The van der Waals surface area contributed by atoms with E-state index in [-0.39, 0.29) is 0 Å². The summed E-state index contributed by atoms with van der Waals surface area (Å²) in [4.78, 5) is 6.81. The average molecular weight is 225 g/mol. The summed E-state index contributed by atoms with van der Waals surface area (Å²) < 4.78 is 0. The van der Waals surface area contributed by atoms with Crippen LogP contribution in [0.2, 0.25) is 0 Å². The van der Waals surface area contributed by atoms with Gasteiger partial charge in [-0.05, 0) is 19.4 Å². The van der Waals surface area contributed by atoms with E-state index < -0.39 is 0 Å². The smallest absolute Gasteiger partial charge is 0.0795 e. The van der Waals surface area contributed by atoms with E-state index in [2.05, 4.69) is 27.5 Å². The Morgan fingerprint density at radius 2 is 2.47 bits per heavy atom. The van der Waals surface area contributed by atoms with Crippen LogP contribution in [0.3, 0.4) is 0 Å². The average Bonchev–Trinajstić information content (AvgIpc) is 2.95. The van der Waals surface area contributed by atoms with E-state index in [9.17, 15) is 0 Å². The molecule has 1 aromatic heterocycles. The van der Waals surface area contributed by atoms with Gasteiger partial charge in [-0.25, -0.2) is 4.98 Å². The molecule has 0 aliphatic heterocycles. The van der Waals surface area contributed by atoms with Crippen molar-refractivity contribution < 1.29 is 0 Å². The number of nitrogens with one attached hydrogen (secondary N) is 1. The molecule has 1 N–H and O–H groups in total. The van der Waals surface area contributed by atoms with Gasteiger partial charge in [0.25, 0.3) is 0 Å². The zero-order valence-corrected chi connectivity index (χ0v) is 10.1. The molecule has 1 aliphatic rings. The molecule has 1 heterocycles. The first kappa shape index (κ1) is 11.0. The summed E-state index contributed by atoms with van der Waals surface area (Å²) in [5.74, 6) is 0. The summed E-state index contributed by atoms with van der Waals surface area (Å²) in [6.45, 7) is 6.58. The van der Waals surface area contributed by atoms with Gasteiger partial charge in [0.15, 0.2) is 0 Å². The summed E-state index contributed by atoms with van der Waals surface area (Å²) in [7, 11) is 0. The Morgan fingerprint density at radius 1 is 1.60 bits per heavy atom. The second-order valence-corrected chi connectivity index (χ2v) is 4.74. The molecule has 3 nitrogen and oxygen atoms in total. The van der Waals surface area contributed by atoms with Crippen LogP contribution in [-0.4, -0.2) is 35.6 Å². The van der Waals surface area contributed by atoms with Crippen LogP contribution < -0.4 is 5.32 Å². The molecule has 2 rings (SSSR count). The summed E-state index contributed by atoms with van der Waals surface area (Å²) in [5, 5.41) is 5.54. The SMILES string of the molecule is CCN(CCNCc1cscn1)C1CC1. The van der Waals surface area contributed by atoms with Crippen LogP contribution in [0.1, 0.15) is 25.5 Å². The maximum Gasteiger partial charge on any atom is 0.0795 e. The van der Waals surface area contributed by atoms with Crippen LogP contribution in [0, 0.1) is 0 Å². The Bertz CT molecular complexity index is 269. The molecule has 0 saturated heterocycles. The molecule has 0 atom stereocenters. The predicted octanol–water partition coefficient (Wildman–Crippen LogP) is 1.72. The molecule has 0 spiro atoms. The summed E-state index contributed by atoms with van der Waals surface area (Å²) in [6, 6.07) is 0.885. The van der Waals surface area contributed by atoms with Gasteiger partial charge in [0.05, 0.1) is 11.2 Å². The Balaban J connectivity index is 1.58. The number of nitrogens with zero attached hydrogens (tertiary/aromatic N) is 2. The number of likely N-dealkylation sites (N-methyl/N-ethyl adjacent to an activating group) is 1. The molecule has 1 aromatic rings. The zero-order chi connectivity index (χ0) is 10.5. The molecule has 15 heavy (non-hydrogen) atoms. The topological polar surface area (TPSA) is 28.2 Å². The van der Waals surface area contributed by atoms with Crippen LogP contribution in [0.5, 0.6) is 0 Å². The van der Waals surface area contributed by atoms with Crippen LogP contribution in [0.25, 0.3) is 0 Å². The van der Waals surface area contributed by atoms with Crippen molar-refractivity contribution in [3.05, 3.63) is 16.6 Å². The largest absolute Gasteiger partial charge is 0.310 e. The molecular weight excluding hydrogens is 206 g/mol. The molecule has 1 fully saturated rings. The molecule has 0 unspecified atom stereocenters. The fraction of sp³-hybridized carbons (Fsp3) is 0.727. The molecular formula is C11H19N3S. The van der Waals surface area contributed by atoms with Gasteiger partial charge < -0.3 is 5.32 Å². The van der Waals surface area contributed by atoms with E-state index in [4.69, 9.17) is 0 Å². The van der Waals surface area contributed by atoms with Crippen LogP contribution in [-0.2, 0) is 6.54 Å². The van der Waals surface area contributed by atoms with Gasteiger partial charge in [0.2, 0.25) is 0 Å². The standard InChI is InChI=1S/C11H19N3S/c1-2-14(11-3-4-11)6-5-12-7-10-8-15-9-13-10/h8-9,11-12H,2-7H2,1H3. The van der Waals surface area contributed by atoms with Gasteiger partial charge in [-0.3, -0.25) is 4.90 Å². The Kier molecular flexibility index (Phi) is 4.11. The summed E-state index contributed by atoms with van der Waals surface area (Å²) in [6.07, 6.45) is 2.81. The monoisotopic (exact) mass is 225 g/mol. The molecule has 4 heteroatoms. The van der Waals surface area contributed by atoms with Crippen molar-refractivity contribution in [2.75, 3.05) is 19.6 Å². The molecule has 84 valence electrons. The highest BCUT2D eigenvalue weighted by Gasteiger charge is 2.26. The van der Waals surface area contributed by atoms with Crippen molar-refractivity contribution in [1.82, 2.24) is 15.2 Å². The normalized spacial score (nSPS) is 16.1. The lowest BCUT2D eigenvalue weighted by molar-refractivity contribution is 0.277. The van der Waals surface area contributed by atoms with Crippen LogP contribution in [0.4, 0.5) is 0 Å². The highest BCUT2D eigenvalue weighted by Crippen LogP contribution is 2.25. The summed E-state index contributed by atoms with van der Waals surface area (Å²) >= 11 is 1.66. The second kappa shape index (κ2) is 5.58. The molecule has 0 aromatic carbocycles. The second-order valence-electron chi connectivity index (χ2n) is 4.02. The Hall–Kier alpha value is -0.450. The quantitative estimate of drug-likeness (QED) is 0.716. The maximum absolute atomic E-state index is 4.24. The first-order chi connectivity index (χ1) is 7.40. The number of rotatable bonds is 7. The molecule has 0 bridgehead atoms. The number of hydrogen-bond acceptors (Lipinski definition) is 4. The number of thiazole rings is 1. The fourth-order valence-electron chi connectivity index (χ4n) is 1.80. The van der Waals surface area contributed by atoms with Crippen molar-refractivity contribution in [1.29, 1.82) is 0 Å². The van der Waals surface area contributed by atoms with E-state index in [0.717, 1.165) is 24.8 Å². The van der Waals surface area contributed by atoms with Crippen molar-refractivity contribution in [3.63, 3.8) is 0 Å². The van der Waals surface area contributed by atoms with Gasteiger partial charge in [0, 0.05) is 31.1 Å². The van der Waals surface area contributed by atoms with E-state index in [1.807, 2.05) is 5.51 Å². The molecule has 1 saturated carbocycles. The van der Waals surface area contributed by atoms with E-state index >= 15 is 0 Å². The maximum atomic E-state index is 4.24. The van der Waals surface area contributed by atoms with Crippen molar-refractivity contribution >= 4 is 11.3 Å². The lowest BCUT2D eigenvalue weighted by Gasteiger charge is -2.19. The molecule has 0 radical (unpaired) electrons. The van der Waals surface area contributed by atoms with Gasteiger partial charge in [-0.1, -0.05) is 6.92 Å². The lowest BCUT2D eigenvalue weighted by atomic mass is 10.4. The first-order valence-electron chi connectivity index (χ1n) is 5.72. The van der Waals surface area contributed by atoms with Crippen molar-refractivity contribution in [2.45, 2.75) is 32.4 Å². The zero-order valence-electron chi connectivity index (χ0n) is 9.28. The van der Waals surface area contributed by atoms with Gasteiger partial charge >= 0.3 is 0 Å². The molecule has 1 aliphatic carbocycles. The van der Waals surface area contributed by atoms with Gasteiger partial charge in [-0.15, -0.1) is 11.3 Å². The van der Waals surface area contributed by atoms with E-state index in [0.29, 0.717) is 0 Å². The highest BCUT2D eigenvalue weighted by atomic mass is 32.1. The highest BCUT2D eigenvalue weighted by molar-refractivity contribution is 7.07. The van der Waals surface area contributed by atoms with Crippen molar-refractivity contribution in [2.24, 2.45) is 0 Å². The predicted molar refractivity (Wildman–Crippen MR) is 64.1 cm³/mol. The number of hydrogen-bond donors (Lipinski definition) is 1. The van der Waals surface area contributed by atoms with Crippen LogP contribution >= 0.6 is 11.3 Å². The first-order valence-corrected chi connectivity index (χ1v) is 6.66. The van der Waals surface area contributed by atoms with E-state index in [1.54, 1.807) is 11.3 Å². The minimum atomic E-state index is 0.885. The Morgan fingerprint density at radius 3 is 3.07 bits per heavy atom. The molecule has 0 amide bonds. The lowest BCUT2D eigenvalue weighted by Crippen LogP contribution is -2.33. The minimum Gasteiger partial charge on any atom is -0.310 e. The fourth-order valence-corrected chi connectivity index (χ4v) is 2.36.